The van der Waals surface area contributed by atoms with Crippen LogP contribution in [0.15, 0.2) is 29.1 Å². The molecule has 1 aliphatic rings. The van der Waals surface area contributed by atoms with Gasteiger partial charge in [-0.05, 0) is 31.2 Å². The summed E-state index contributed by atoms with van der Waals surface area (Å²) < 4.78 is 4.30. The molecule has 0 bridgehead atoms. The number of para-hydroxylation sites is 2. The van der Waals surface area contributed by atoms with Gasteiger partial charge in [0.2, 0.25) is 0 Å². The zero-order valence-corrected chi connectivity index (χ0v) is 11.2. The molecule has 0 saturated carbocycles. The summed E-state index contributed by atoms with van der Waals surface area (Å²) in [5.41, 5.74) is 2.00. The van der Waals surface area contributed by atoms with Crippen molar-refractivity contribution in [3.05, 3.63) is 34.7 Å². The van der Waals surface area contributed by atoms with E-state index in [9.17, 15) is 4.79 Å². The van der Waals surface area contributed by atoms with E-state index < -0.39 is 0 Å². The topological polar surface area (TPSA) is 41.0 Å². The number of aromatic amines is 1. The van der Waals surface area contributed by atoms with Gasteiger partial charge in [0.15, 0.2) is 0 Å². The highest BCUT2D eigenvalue weighted by Gasteiger charge is 2.22. The van der Waals surface area contributed by atoms with Crippen LogP contribution < -0.4 is 5.69 Å². The third-order valence-electron chi connectivity index (χ3n) is 3.67. The molecule has 18 heavy (non-hydrogen) atoms. The number of nitrogens with one attached hydrogen (secondary N) is 1. The van der Waals surface area contributed by atoms with Crippen LogP contribution in [0.3, 0.4) is 0 Å². The largest absolute Gasteiger partial charge is 0.326 e. The Hall–Kier alpha value is -1.20. The van der Waals surface area contributed by atoms with Crippen molar-refractivity contribution in [2.45, 2.75) is 18.9 Å². The van der Waals surface area contributed by atoms with Gasteiger partial charge < -0.3 is 4.98 Å². The standard InChI is InChI=1S/C13H17N3OS/c1-18-15-8-6-10(7-9-15)16-12-5-3-2-4-11(12)14-13(16)17/h2-5,10H,6-9H2,1H3,(H,14,17). The number of piperidine rings is 1. The minimum absolute atomic E-state index is 0.0267. The number of nitrogens with zero attached hydrogens (tertiary/aromatic N) is 2. The van der Waals surface area contributed by atoms with Crippen LogP contribution in [-0.4, -0.2) is 33.2 Å². The number of benzene rings is 1. The van der Waals surface area contributed by atoms with Crippen molar-refractivity contribution in [2.75, 3.05) is 19.3 Å². The first kappa shape index (κ1) is 11.9. The molecule has 3 rings (SSSR count). The van der Waals surface area contributed by atoms with Crippen molar-refractivity contribution in [3.8, 4) is 0 Å². The van der Waals surface area contributed by atoms with Crippen LogP contribution in [-0.2, 0) is 0 Å². The molecule has 2 aromatic rings. The van der Waals surface area contributed by atoms with Crippen LogP contribution in [0.5, 0.6) is 0 Å². The molecule has 1 fully saturated rings. The lowest BCUT2D eigenvalue weighted by Crippen LogP contribution is -2.33. The lowest BCUT2D eigenvalue weighted by molar-refractivity contribution is 0.292. The minimum atomic E-state index is 0.0267. The molecule has 2 heterocycles. The molecular weight excluding hydrogens is 246 g/mol. The van der Waals surface area contributed by atoms with Crippen molar-refractivity contribution >= 4 is 23.0 Å². The van der Waals surface area contributed by atoms with Gasteiger partial charge in [0.1, 0.15) is 0 Å². The summed E-state index contributed by atoms with van der Waals surface area (Å²) in [5.74, 6) is 0. The average Bonchev–Trinajstić information content (AvgIpc) is 2.75. The predicted octanol–water partition coefficient (Wildman–Crippen LogP) is 2.24. The molecule has 0 spiro atoms. The molecule has 1 aromatic heterocycles. The Morgan fingerprint density at radius 2 is 2.00 bits per heavy atom. The third-order valence-corrected chi connectivity index (χ3v) is 4.55. The van der Waals surface area contributed by atoms with Gasteiger partial charge >= 0.3 is 5.69 Å². The SMILES string of the molecule is CSN1CCC(n2c(=O)[nH]c3ccccc32)CC1. The van der Waals surface area contributed by atoms with Gasteiger partial charge in [-0.3, -0.25) is 8.87 Å². The van der Waals surface area contributed by atoms with Gasteiger partial charge in [-0.25, -0.2) is 4.79 Å². The average molecular weight is 263 g/mol. The Morgan fingerprint density at radius 1 is 1.28 bits per heavy atom. The molecule has 0 atom stereocenters. The maximum atomic E-state index is 12.1. The maximum absolute atomic E-state index is 12.1. The fourth-order valence-electron chi connectivity index (χ4n) is 2.72. The van der Waals surface area contributed by atoms with Gasteiger partial charge in [-0.1, -0.05) is 24.1 Å². The summed E-state index contributed by atoms with van der Waals surface area (Å²) in [6.45, 7) is 2.11. The van der Waals surface area contributed by atoms with Crippen molar-refractivity contribution in [1.29, 1.82) is 0 Å². The lowest BCUT2D eigenvalue weighted by Gasteiger charge is -2.30. The van der Waals surface area contributed by atoms with Crippen LogP contribution in [0.4, 0.5) is 0 Å². The minimum Gasteiger partial charge on any atom is -0.306 e. The van der Waals surface area contributed by atoms with E-state index in [0.717, 1.165) is 37.0 Å². The molecule has 1 aromatic carbocycles. The Kier molecular flexibility index (Phi) is 3.18. The molecular formula is C13H17N3OS. The second-order valence-corrected chi connectivity index (χ2v) is 5.54. The number of rotatable bonds is 2. The summed E-state index contributed by atoms with van der Waals surface area (Å²) in [6.07, 6.45) is 4.20. The normalized spacial score (nSPS) is 18.5. The van der Waals surface area contributed by atoms with E-state index in [-0.39, 0.29) is 5.69 Å². The van der Waals surface area contributed by atoms with Gasteiger partial charge in [0.25, 0.3) is 0 Å². The predicted molar refractivity (Wildman–Crippen MR) is 75.9 cm³/mol. The molecule has 1 N–H and O–H groups in total. The quantitative estimate of drug-likeness (QED) is 0.845. The maximum Gasteiger partial charge on any atom is 0.326 e. The van der Waals surface area contributed by atoms with Gasteiger partial charge in [-0.15, -0.1) is 0 Å². The first-order valence-corrected chi connectivity index (χ1v) is 7.46. The molecule has 96 valence electrons. The Bertz CT molecular complexity index is 596. The second-order valence-electron chi connectivity index (χ2n) is 4.66. The molecule has 4 nitrogen and oxygen atoms in total. The number of imidazole rings is 1. The smallest absolute Gasteiger partial charge is 0.306 e. The molecule has 1 saturated heterocycles. The monoisotopic (exact) mass is 263 g/mol. The Labute approximate surface area is 110 Å². The van der Waals surface area contributed by atoms with Crippen LogP contribution in [0.2, 0.25) is 0 Å². The summed E-state index contributed by atoms with van der Waals surface area (Å²) in [5, 5.41) is 0. The highest BCUT2D eigenvalue weighted by Crippen LogP contribution is 2.26. The van der Waals surface area contributed by atoms with Crippen molar-refractivity contribution < 1.29 is 0 Å². The molecule has 0 radical (unpaired) electrons. The molecule has 0 amide bonds. The first-order valence-electron chi connectivity index (χ1n) is 6.28. The third kappa shape index (κ3) is 1.97. The first-order chi connectivity index (χ1) is 8.79. The van der Waals surface area contributed by atoms with Crippen molar-refractivity contribution in [1.82, 2.24) is 13.9 Å². The highest BCUT2D eigenvalue weighted by atomic mass is 32.2. The van der Waals surface area contributed by atoms with Crippen LogP contribution >= 0.6 is 11.9 Å². The summed E-state index contributed by atoms with van der Waals surface area (Å²) in [7, 11) is 0. The molecule has 1 aliphatic heterocycles. The van der Waals surface area contributed by atoms with E-state index in [0.29, 0.717) is 6.04 Å². The molecule has 0 unspecified atom stereocenters. The number of hydrogen-bond donors (Lipinski definition) is 1. The Balaban J connectivity index is 1.95. The van der Waals surface area contributed by atoms with Gasteiger partial charge in [-0.2, -0.15) is 0 Å². The van der Waals surface area contributed by atoms with E-state index in [1.165, 1.54) is 0 Å². The van der Waals surface area contributed by atoms with Crippen LogP contribution in [0.25, 0.3) is 11.0 Å². The lowest BCUT2D eigenvalue weighted by atomic mass is 10.1. The summed E-state index contributed by atoms with van der Waals surface area (Å²) >= 11 is 1.79. The van der Waals surface area contributed by atoms with Crippen LogP contribution in [0.1, 0.15) is 18.9 Å². The summed E-state index contributed by atoms with van der Waals surface area (Å²) in [4.78, 5) is 15.0. The van der Waals surface area contributed by atoms with E-state index in [4.69, 9.17) is 0 Å². The Morgan fingerprint density at radius 3 is 2.72 bits per heavy atom. The van der Waals surface area contributed by atoms with Crippen molar-refractivity contribution in [2.24, 2.45) is 0 Å². The fourth-order valence-corrected chi connectivity index (χ4v) is 3.30. The van der Waals surface area contributed by atoms with E-state index >= 15 is 0 Å². The second kappa shape index (κ2) is 4.82. The molecule has 5 heteroatoms. The highest BCUT2D eigenvalue weighted by molar-refractivity contribution is 7.96. The fraction of sp³-hybridized carbons (Fsp3) is 0.462. The number of hydrogen-bond acceptors (Lipinski definition) is 3. The number of H-pyrrole nitrogens is 1. The van der Waals surface area contributed by atoms with E-state index in [1.807, 2.05) is 28.8 Å². The van der Waals surface area contributed by atoms with Crippen LogP contribution in [0, 0.1) is 0 Å². The number of aromatic nitrogens is 2. The van der Waals surface area contributed by atoms with Gasteiger partial charge in [0, 0.05) is 19.1 Å². The van der Waals surface area contributed by atoms with E-state index in [2.05, 4.69) is 15.5 Å². The summed E-state index contributed by atoms with van der Waals surface area (Å²) in [6, 6.07) is 8.26. The van der Waals surface area contributed by atoms with Gasteiger partial charge in [0.05, 0.1) is 11.0 Å². The van der Waals surface area contributed by atoms with E-state index in [1.54, 1.807) is 11.9 Å². The van der Waals surface area contributed by atoms with Crippen molar-refractivity contribution in [3.63, 3.8) is 0 Å². The zero-order chi connectivity index (χ0) is 12.5. The number of fused-ring (bicyclic) bond motifs is 1. The zero-order valence-electron chi connectivity index (χ0n) is 10.4. The molecule has 0 aliphatic carbocycles.